The monoisotopic (exact) mass is 414 g/mol. The van der Waals surface area contributed by atoms with Crippen molar-refractivity contribution in [1.29, 1.82) is 0 Å². The Bertz CT molecular complexity index is 905. The van der Waals surface area contributed by atoms with Crippen LogP contribution < -0.4 is 10.2 Å². The molecule has 0 saturated carbocycles. The maximum absolute atomic E-state index is 15.4. The fourth-order valence-electron chi connectivity index (χ4n) is 3.30. The average Bonchev–Trinajstić information content (AvgIpc) is 2.64. The summed E-state index contributed by atoms with van der Waals surface area (Å²) in [6.07, 6.45) is -6.99. The largest absolute Gasteiger partial charge is 0.471 e. The number of hydrogen-bond donors (Lipinski definition) is 1. The third kappa shape index (κ3) is 3.56. The van der Waals surface area contributed by atoms with Crippen LogP contribution in [0.15, 0.2) is 48.5 Å². The number of rotatable bonds is 3. The van der Waals surface area contributed by atoms with Gasteiger partial charge in [-0.1, -0.05) is 41.9 Å². The van der Waals surface area contributed by atoms with Crippen molar-refractivity contribution in [2.75, 3.05) is 4.90 Å². The molecule has 3 atom stereocenters. The molecule has 0 aromatic heterocycles. The second-order valence-corrected chi connectivity index (χ2v) is 6.77. The molecule has 1 N–H and O–H groups in total. The van der Waals surface area contributed by atoms with Gasteiger partial charge < -0.3 is 5.32 Å². The standard InChI is InChI=1S/C19H15ClF4N2O2/c1-10(25-18(28)19(22,23)24)16-15(21)12-8-5-9-13(20)14(12)17(27)26(16)11-6-3-2-4-7-11/h2-10,15-16H,1H3,(H,25,28). The molecule has 3 unspecified atom stereocenters. The van der Waals surface area contributed by atoms with Crippen molar-refractivity contribution >= 4 is 29.1 Å². The molecule has 0 bridgehead atoms. The van der Waals surface area contributed by atoms with E-state index in [4.69, 9.17) is 11.6 Å². The number of anilines is 1. The molecule has 2 aromatic carbocycles. The lowest BCUT2D eigenvalue weighted by atomic mass is 9.87. The topological polar surface area (TPSA) is 49.4 Å². The van der Waals surface area contributed by atoms with Gasteiger partial charge in [0.2, 0.25) is 0 Å². The fraction of sp³-hybridized carbons (Fsp3) is 0.263. The zero-order chi connectivity index (χ0) is 20.6. The smallest absolute Gasteiger partial charge is 0.344 e. The van der Waals surface area contributed by atoms with E-state index < -0.39 is 36.2 Å². The fourth-order valence-corrected chi connectivity index (χ4v) is 3.56. The van der Waals surface area contributed by atoms with E-state index in [1.54, 1.807) is 23.5 Å². The van der Waals surface area contributed by atoms with Crippen molar-refractivity contribution in [3.63, 3.8) is 0 Å². The van der Waals surface area contributed by atoms with Crippen LogP contribution in [-0.4, -0.2) is 30.1 Å². The van der Waals surface area contributed by atoms with Gasteiger partial charge in [0.25, 0.3) is 5.91 Å². The van der Waals surface area contributed by atoms with Crippen LogP contribution in [0.4, 0.5) is 23.2 Å². The lowest BCUT2D eigenvalue weighted by molar-refractivity contribution is -0.174. The first-order chi connectivity index (χ1) is 13.1. The van der Waals surface area contributed by atoms with Crippen LogP contribution in [0.25, 0.3) is 0 Å². The van der Waals surface area contributed by atoms with E-state index in [1.807, 2.05) is 0 Å². The van der Waals surface area contributed by atoms with Crippen molar-refractivity contribution in [1.82, 2.24) is 5.32 Å². The number of para-hydroxylation sites is 1. The molecule has 1 aliphatic heterocycles. The summed E-state index contributed by atoms with van der Waals surface area (Å²) in [7, 11) is 0. The lowest BCUT2D eigenvalue weighted by Crippen LogP contribution is -2.58. The summed E-state index contributed by atoms with van der Waals surface area (Å²) in [5.74, 6) is -2.86. The molecule has 0 radical (unpaired) electrons. The summed E-state index contributed by atoms with van der Waals surface area (Å²) in [6.45, 7) is 1.22. The zero-order valence-electron chi connectivity index (χ0n) is 14.5. The number of amides is 2. The minimum absolute atomic E-state index is 0.0252. The van der Waals surface area contributed by atoms with Crippen LogP contribution in [0.5, 0.6) is 0 Å². The highest BCUT2D eigenvalue weighted by Crippen LogP contribution is 2.41. The third-order valence-corrected chi connectivity index (χ3v) is 4.85. The second kappa shape index (κ2) is 7.43. The molecule has 9 heteroatoms. The van der Waals surface area contributed by atoms with Gasteiger partial charge in [-0.3, -0.25) is 14.5 Å². The Morgan fingerprint density at radius 3 is 2.39 bits per heavy atom. The molecule has 2 aromatic rings. The quantitative estimate of drug-likeness (QED) is 0.754. The van der Waals surface area contributed by atoms with Crippen molar-refractivity contribution in [2.24, 2.45) is 0 Å². The van der Waals surface area contributed by atoms with Gasteiger partial charge >= 0.3 is 12.1 Å². The number of halogens is 5. The zero-order valence-corrected chi connectivity index (χ0v) is 15.3. The predicted octanol–water partition coefficient (Wildman–Crippen LogP) is 4.45. The van der Waals surface area contributed by atoms with E-state index in [-0.39, 0.29) is 21.8 Å². The van der Waals surface area contributed by atoms with Crippen molar-refractivity contribution in [3.05, 3.63) is 64.7 Å². The van der Waals surface area contributed by atoms with E-state index in [1.165, 1.54) is 37.3 Å². The normalized spacial score (nSPS) is 20.5. The number of benzene rings is 2. The molecule has 4 nitrogen and oxygen atoms in total. The van der Waals surface area contributed by atoms with Crippen molar-refractivity contribution < 1.29 is 27.2 Å². The lowest BCUT2D eigenvalue weighted by Gasteiger charge is -2.42. The minimum Gasteiger partial charge on any atom is -0.344 e. The minimum atomic E-state index is -5.13. The summed E-state index contributed by atoms with van der Waals surface area (Å²) < 4.78 is 53.4. The van der Waals surface area contributed by atoms with E-state index in [9.17, 15) is 22.8 Å². The van der Waals surface area contributed by atoms with Crippen molar-refractivity contribution in [2.45, 2.75) is 31.4 Å². The van der Waals surface area contributed by atoms with Gasteiger partial charge in [0.15, 0.2) is 0 Å². The van der Waals surface area contributed by atoms with Crippen molar-refractivity contribution in [3.8, 4) is 0 Å². The number of fused-ring (bicyclic) bond motifs is 1. The van der Waals surface area contributed by atoms with E-state index in [0.717, 1.165) is 4.90 Å². The summed E-state index contributed by atoms with van der Waals surface area (Å²) in [5.41, 5.74) is 0.202. The Labute approximate surface area is 163 Å². The summed E-state index contributed by atoms with van der Waals surface area (Å²) in [4.78, 5) is 25.5. The number of carbonyl (C=O) groups is 2. The van der Waals surface area contributed by atoms with Gasteiger partial charge in [0.1, 0.15) is 6.17 Å². The number of hydrogen-bond acceptors (Lipinski definition) is 2. The average molecular weight is 415 g/mol. The predicted molar refractivity (Wildman–Crippen MR) is 96.0 cm³/mol. The van der Waals surface area contributed by atoms with Gasteiger partial charge in [-0.25, -0.2) is 4.39 Å². The Hall–Kier alpha value is -2.61. The molecule has 0 fully saturated rings. The number of nitrogens with one attached hydrogen (secondary N) is 1. The highest BCUT2D eigenvalue weighted by atomic mass is 35.5. The molecule has 0 saturated heterocycles. The Morgan fingerprint density at radius 1 is 1.14 bits per heavy atom. The van der Waals surface area contributed by atoms with Crippen LogP contribution in [0.2, 0.25) is 5.02 Å². The molecule has 0 spiro atoms. The van der Waals surface area contributed by atoms with E-state index in [0.29, 0.717) is 0 Å². The molecular weight excluding hydrogens is 400 g/mol. The van der Waals surface area contributed by atoms with Gasteiger partial charge in [-0.05, 0) is 25.1 Å². The number of carbonyl (C=O) groups excluding carboxylic acids is 2. The summed E-state index contributed by atoms with van der Waals surface area (Å²) in [5, 5.41) is 1.79. The molecule has 148 valence electrons. The van der Waals surface area contributed by atoms with Gasteiger partial charge in [0, 0.05) is 11.3 Å². The number of nitrogens with zero attached hydrogens (tertiary/aromatic N) is 1. The Balaban J connectivity index is 2.09. The molecular formula is C19H15ClF4N2O2. The van der Waals surface area contributed by atoms with Crippen LogP contribution in [0.1, 0.15) is 29.0 Å². The van der Waals surface area contributed by atoms with Crippen LogP contribution >= 0.6 is 11.6 Å². The highest BCUT2D eigenvalue weighted by molar-refractivity contribution is 6.35. The van der Waals surface area contributed by atoms with E-state index >= 15 is 4.39 Å². The maximum atomic E-state index is 15.4. The molecule has 2 amide bonds. The molecule has 1 heterocycles. The number of alkyl halides is 4. The summed E-state index contributed by atoms with van der Waals surface area (Å²) in [6, 6.07) is 9.45. The molecule has 3 rings (SSSR count). The Kier molecular flexibility index (Phi) is 5.34. The molecule has 0 aliphatic carbocycles. The van der Waals surface area contributed by atoms with E-state index in [2.05, 4.69) is 0 Å². The van der Waals surface area contributed by atoms with Crippen LogP contribution in [-0.2, 0) is 4.79 Å². The maximum Gasteiger partial charge on any atom is 0.471 e. The first kappa shape index (κ1) is 20.1. The third-order valence-electron chi connectivity index (χ3n) is 4.54. The first-order valence-corrected chi connectivity index (χ1v) is 8.69. The Morgan fingerprint density at radius 2 is 1.79 bits per heavy atom. The van der Waals surface area contributed by atoms with Gasteiger partial charge in [-0.2, -0.15) is 13.2 Å². The molecule has 28 heavy (non-hydrogen) atoms. The second-order valence-electron chi connectivity index (χ2n) is 6.37. The van der Waals surface area contributed by atoms with Gasteiger partial charge in [0.05, 0.1) is 22.7 Å². The van der Waals surface area contributed by atoms with Crippen LogP contribution in [0, 0.1) is 0 Å². The highest BCUT2D eigenvalue weighted by Gasteiger charge is 2.47. The molecule has 1 aliphatic rings. The first-order valence-electron chi connectivity index (χ1n) is 8.31. The van der Waals surface area contributed by atoms with Gasteiger partial charge in [-0.15, -0.1) is 0 Å². The SMILES string of the molecule is CC(NC(=O)C(F)(F)F)C1C(F)c2cccc(Cl)c2C(=O)N1c1ccccc1. The van der Waals surface area contributed by atoms with Crippen LogP contribution in [0.3, 0.4) is 0 Å². The summed E-state index contributed by atoms with van der Waals surface area (Å²) >= 11 is 6.09.